The van der Waals surface area contributed by atoms with E-state index in [1.54, 1.807) is 27.7 Å². The van der Waals surface area contributed by atoms with E-state index in [1.807, 2.05) is 19.9 Å². The Bertz CT molecular complexity index is 652. The van der Waals surface area contributed by atoms with Crippen molar-refractivity contribution in [1.29, 1.82) is 0 Å². The van der Waals surface area contributed by atoms with Crippen LogP contribution >= 0.6 is 0 Å². The minimum absolute atomic E-state index is 0.221. The van der Waals surface area contributed by atoms with Crippen molar-refractivity contribution in [2.24, 2.45) is 5.41 Å². The smallest absolute Gasteiger partial charge is 0.312 e. The summed E-state index contributed by atoms with van der Waals surface area (Å²) in [5.74, 6) is -0.791. The summed E-state index contributed by atoms with van der Waals surface area (Å²) >= 11 is 0. The van der Waals surface area contributed by atoms with Crippen LogP contribution in [0.5, 0.6) is 0 Å². The molecule has 6 heteroatoms. The normalized spacial score (nSPS) is 41.7. The number of carbonyl (C=O) groups is 2. The minimum atomic E-state index is -1.68. The number of aliphatic hydroxyl groups is 1. The lowest BCUT2D eigenvalue weighted by atomic mass is 9.64. The highest BCUT2D eigenvalue weighted by atomic mass is 16.7. The third-order valence-corrected chi connectivity index (χ3v) is 5.91. The molecule has 0 aromatic heterocycles. The van der Waals surface area contributed by atoms with E-state index in [0.29, 0.717) is 19.4 Å². The number of ketones is 1. The van der Waals surface area contributed by atoms with E-state index in [-0.39, 0.29) is 18.3 Å². The SMILES string of the molecule is CC(C)=CC[C@H]1O[C@@]1(C)[C@@]1(O)[C@H](OC(=O)C(C)(C)C)C(=O)CC[C@]12CO2. The van der Waals surface area contributed by atoms with E-state index in [1.165, 1.54) is 0 Å². The molecule has 6 nitrogen and oxygen atoms in total. The second-order valence-corrected chi connectivity index (χ2v) is 9.28. The summed E-state index contributed by atoms with van der Waals surface area (Å²) < 4.78 is 17.1. The Morgan fingerprint density at radius 2 is 2.00 bits per heavy atom. The molecule has 3 aliphatic rings. The molecule has 2 saturated heterocycles. The lowest BCUT2D eigenvalue weighted by molar-refractivity contribution is -0.208. The van der Waals surface area contributed by atoms with Gasteiger partial charge in [0.1, 0.15) is 11.2 Å². The van der Waals surface area contributed by atoms with Gasteiger partial charge in [-0.15, -0.1) is 0 Å². The first-order valence-corrected chi connectivity index (χ1v) is 9.29. The molecule has 0 unspecified atom stereocenters. The van der Waals surface area contributed by atoms with Gasteiger partial charge in [0.05, 0.1) is 18.1 Å². The maximum atomic E-state index is 12.7. The molecular formula is C20H30O6. The summed E-state index contributed by atoms with van der Waals surface area (Å²) in [7, 11) is 0. The Hall–Kier alpha value is -1.24. The Morgan fingerprint density at radius 1 is 1.38 bits per heavy atom. The van der Waals surface area contributed by atoms with Crippen LogP contribution in [-0.2, 0) is 23.8 Å². The number of allylic oxidation sites excluding steroid dienone is 1. The molecule has 1 aliphatic carbocycles. The summed E-state index contributed by atoms with van der Waals surface area (Å²) in [6.07, 6.45) is 1.79. The van der Waals surface area contributed by atoms with Crippen LogP contribution in [0.25, 0.3) is 0 Å². The molecule has 1 N–H and O–H groups in total. The van der Waals surface area contributed by atoms with Crippen molar-refractivity contribution in [3.8, 4) is 0 Å². The third-order valence-electron chi connectivity index (χ3n) is 5.91. The first-order valence-electron chi connectivity index (χ1n) is 9.29. The number of esters is 1. The van der Waals surface area contributed by atoms with Crippen LogP contribution in [0.2, 0.25) is 0 Å². The van der Waals surface area contributed by atoms with E-state index in [0.717, 1.165) is 5.57 Å². The van der Waals surface area contributed by atoms with Crippen LogP contribution < -0.4 is 0 Å². The number of rotatable bonds is 4. The molecule has 0 amide bonds. The second kappa shape index (κ2) is 5.88. The van der Waals surface area contributed by atoms with Gasteiger partial charge in [-0.1, -0.05) is 11.6 Å². The van der Waals surface area contributed by atoms with Gasteiger partial charge in [-0.25, -0.2) is 0 Å². The fraction of sp³-hybridized carbons (Fsp3) is 0.800. The number of carbonyl (C=O) groups excluding carboxylic acids is 2. The zero-order chi connectivity index (χ0) is 19.5. The second-order valence-electron chi connectivity index (χ2n) is 9.28. The molecule has 3 rings (SSSR count). The topological polar surface area (TPSA) is 88.7 Å². The summed E-state index contributed by atoms with van der Waals surface area (Å²) in [5.41, 5.74) is -3.17. The number of hydrogen-bond acceptors (Lipinski definition) is 6. The highest BCUT2D eigenvalue weighted by Gasteiger charge is 2.82. The molecule has 0 aromatic rings. The summed E-state index contributed by atoms with van der Waals surface area (Å²) in [6, 6.07) is 0. The van der Waals surface area contributed by atoms with E-state index in [4.69, 9.17) is 14.2 Å². The van der Waals surface area contributed by atoms with Gasteiger partial charge >= 0.3 is 5.97 Å². The van der Waals surface area contributed by atoms with Crippen molar-refractivity contribution in [2.75, 3.05) is 6.61 Å². The molecule has 26 heavy (non-hydrogen) atoms. The van der Waals surface area contributed by atoms with Crippen molar-refractivity contribution in [3.63, 3.8) is 0 Å². The van der Waals surface area contributed by atoms with Crippen molar-refractivity contribution in [3.05, 3.63) is 11.6 Å². The predicted molar refractivity (Wildman–Crippen MR) is 94.5 cm³/mol. The van der Waals surface area contributed by atoms with Crippen molar-refractivity contribution in [2.45, 2.75) is 89.8 Å². The van der Waals surface area contributed by atoms with Crippen LogP contribution in [0.4, 0.5) is 0 Å². The number of hydrogen-bond donors (Lipinski definition) is 1. The molecule has 2 heterocycles. The van der Waals surface area contributed by atoms with Gasteiger partial charge in [0, 0.05) is 6.42 Å². The Morgan fingerprint density at radius 3 is 2.50 bits per heavy atom. The lowest BCUT2D eigenvalue weighted by Crippen LogP contribution is -2.70. The summed E-state index contributed by atoms with van der Waals surface area (Å²) in [5, 5.41) is 11.8. The predicted octanol–water partition coefficient (Wildman–Crippen LogP) is 2.32. The number of ether oxygens (including phenoxy) is 3. The van der Waals surface area contributed by atoms with Gasteiger partial charge in [0.15, 0.2) is 17.5 Å². The summed E-state index contributed by atoms with van der Waals surface area (Å²) in [6.45, 7) is 11.3. The van der Waals surface area contributed by atoms with Crippen molar-refractivity contribution >= 4 is 11.8 Å². The molecule has 0 radical (unpaired) electrons. The number of epoxide rings is 2. The third kappa shape index (κ3) is 2.83. The van der Waals surface area contributed by atoms with Gasteiger partial charge in [0.25, 0.3) is 0 Å². The molecular weight excluding hydrogens is 336 g/mol. The van der Waals surface area contributed by atoms with Crippen LogP contribution in [0.15, 0.2) is 11.6 Å². The van der Waals surface area contributed by atoms with Crippen LogP contribution in [-0.4, -0.2) is 52.5 Å². The van der Waals surface area contributed by atoms with Crippen molar-refractivity contribution in [1.82, 2.24) is 0 Å². The van der Waals surface area contributed by atoms with Gasteiger partial charge < -0.3 is 19.3 Å². The Balaban J connectivity index is 1.93. The monoisotopic (exact) mass is 366 g/mol. The van der Waals surface area contributed by atoms with E-state index < -0.39 is 34.3 Å². The highest BCUT2D eigenvalue weighted by Crippen LogP contribution is 2.61. The fourth-order valence-corrected chi connectivity index (χ4v) is 3.93. The molecule has 0 bridgehead atoms. The van der Waals surface area contributed by atoms with Crippen LogP contribution in [0.3, 0.4) is 0 Å². The largest absolute Gasteiger partial charge is 0.451 e. The highest BCUT2D eigenvalue weighted by molar-refractivity contribution is 5.89. The molecule has 146 valence electrons. The zero-order valence-electron chi connectivity index (χ0n) is 16.5. The quantitative estimate of drug-likeness (QED) is 0.467. The lowest BCUT2D eigenvalue weighted by Gasteiger charge is -2.46. The van der Waals surface area contributed by atoms with E-state index in [9.17, 15) is 14.7 Å². The molecule has 2 aliphatic heterocycles. The zero-order valence-corrected chi connectivity index (χ0v) is 16.5. The average molecular weight is 366 g/mol. The maximum absolute atomic E-state index is 12.7. The van der Waals surface area contributed by atoms with Gasteiger partial charge in [-0.3, -0.25) is 9.59 Å². The minimum Gasteiger partial charge on any atom is -0.451 e. The van der Waals surface area contributed by atoms with Crippen LogP contribution in [0, 0.1) is 5.41 Å². The fourth-order valence-electron chi connectivity index (χ4n) is 3.93. The Kier molecular flexibility index (Phi) is 4.41. The first kappa shape index (κ1) is 19.5. The average Bonchev–Trinajstić information content (AvgIpc) is 3.42. The molecule has 1 spiro atoms. The van der Waals surface area contributed by atoms with Gasteiger partial charge in [-0.05, 0) is 54.4 Å². The Labute approximate surface area is 154 Å². The molecule has 5 atom stereocenters. The molecule has 1 saturated carbocycles. The first-order chi connectivity index (χ1) is 11.9. The standard InChI is InChI=1S/C20H30O6/c1-12(2)7-8-14-18(6,26-14)20(23)15(25-16(22)17(3,4)5)13(21)9-10-19(20)11-24-19/h7,14-15,23H,8-11H2,1-6H3/t14-,15-,18-,19+,20+/m1/s1. The van der Waals surface area contributed by atoms with Gasteiger partial charge in [-0.2, -0.15) is 0 Å². The summed E-state index contributed by atoms with van der Waals surface area (Å²) in [4.78, 5) is 25.1. The van der Waals surface area contributed by atoms with E-state index >= 15 is 0 Å². The molecule has 3 fully saturated rings. The maximum Gasteiger partial charge on any atom is 0.312 e. The molecule has 0 aromatic carbocycles. The van der Waals surface area contributed by atoms with E-state index in [2.05, 4.69) is 0 Å². The van der Waals surface area contributed by atoms with Crippen molar-refractivity contribution < 1.29 is 28.9 Å². The number of Topliss-reactive ketones (excluding diaryl/α,β-unsaturated/α-hetero) is 1. The van der Waals surface area contributed by atoms with Gasteiger partial charge in [0.2, 0.25) is 0 Å². The van der Waals surface area contributed by atoms with Crippen LogP contribution in [0.1, 0.15) is 60.8 Å².